The number of rotatable bonds is 2. The highest BCUT2D eigenvalue weighted by Gasteiger charge is 2.16. The van der Waals surface area contributed by atoms with Crippen molar-refractivity contribution in [3.8, 4) is 23.0 Å². The summed E-state index contributed by atoms with van der Waals surface area (Å²) < 4.78 is 1.79. The van der Waals surface area contributed by atoms with Crippen LogP contribution in [0.5, 0.6) is 0 Å². The van der Waals surface area contributed by atoms with Crippen LogP contribution >= 0.6 is 11.6 Å². The molecule has 1 aromatic heterocycles. The van der Waals surface area contributed by atoms with Crippen LogP contribution in [0.1, 0.15) is 22.4 Å². The van der Waals surface area contributed by atoms with Crippen molar-refractivity contribution in [3.05, 3.63) is 69.9 Å². The Morgan fingerprint density at radius 2 is 1.74 bits per heavy atom. The van der Waals surface area contributed by atoms with Crippen molar-refractivity contribution in [2.24, 2.45) is 0 Å². The first-order valence-electron chi connectivity index (χ1n) is 7.34. The summed E-state index contributed by atoms with van der Waals surface area (Å²) in [5, 5.41) is 14.3. The van der Waals surface area contributed by atoms with E-state index in [4.69, 9.17) is 11.6 Å². The number of halogens is 1. The Bertz CT molecular complexity index is 909. The molecular weight excluding hydrogens is 306 g/mol. The standard InChI is InChI=1S/C19H16ClN3/c1-12-7-13(2)19(14(3)8-12)18-10-16(11-21)22-23(18)17-6-4-5-15(20)9-17/h4-10H,1-3H3. The van der Waals surface area contributed by atoms with Gasteiger partial charge in [-0.2, -0.15) is 10.4 Å². The Morgan fingerprint density at radius 3 is 2.35 bits per heavy atom. The fraction of sp³-hybridized carbons (Fsp3) is 0.158. The van der Waals surface area contributed by atoms with Gasteiger partial charge in [0, 0.05) is 16.7 Å². The van der Waals surface area contributed by atoms with Crippen LogP contribution < -0.4 is 0 Å². The second-order valence-electron chi connectivity index (χ2n) is 5.69. The number of aryl methyl sites for hydroxylation is 3. The zero-order valence-corrected chi connectivity index (χ0v) is 14.0. The van der Waals surface area contributed by atoms with Crippen LogP contribution in [0, 0.1) is 32.1 Å². The largest absolute Gasteiger partial charge is 0.232 e. The number of aromatic nitrogens is 2. The normalized spacial score (nSPS) is 10.6. The molecule has 0 spiro atoms. The highest BCUT2D eigenvalue weighted by Crippen LogP contribution is 2.31. The van der Waals surface area contributed by atoms with E-state index in [2.05, 4.69) is 44.1 Å². The van der Waals surface area contributed by atoms with Gasteiger partial charge in [-0.1, -0.05) is 35.4 Å². The van der Waals surface area contributed by atoms with Crippen molar-refractivity contribution in [1.29, 1.82) is 5.26 Å². The molecule has 0 N–H and O–H groups in total. The molecule has 0 saturated heterocycles. The smallest absolute Gasteiger partial charge is 0.163 e. The Hall–Kier alpha value is -2.57. The van der Waals surface area contributed by atoms with Crippen LogP contribution in [0.25, 0.3) is 16.9 Å². The molecule has 0 fully saturated rings. The third-order valence-electron chi connectivity index (χ3n) is 3.81. The van der Waals surface area contributed by atoms with Crippen molar-refractivity contribution < 1.29 is 0 Å². The van der Waals surface area contributed by atoms with Gasteiger partial charge < -0.3 is 0 Å². The molecule has 0 saturated carbocycles. The maximum Gasteiger partial charge on any atom is 0.163 e. The monoisotopic (exact) mass is 321 g/mol. The summed E-state index contributed by atoms with van der Waals surface area (Å²) in [6.45, 7) is 6.24. The number of hydrogen-bond acceptors (Lipinski definition) is 2. The molecule has 3 rings (SSSR count). The second kappa shape index (κ2) is 5.91. The minimum absolute atomic E-state index is 0.388. The zero-order chi connectivity index (χ0) is 16.6. The molecule has 0 aliphatic carbocycles. The third kappa shape index (κ3) is 2.86. The van der Waals surface area contributed by atoms with Gasteiger partial charge in [0.2, 0.25) is 0 Å². The minimum atomic E-state index is 0.388. The van der Waals surface area contributed by atoms with Gasteiger partial charge in [-0.05, 0) is 50.1 Å². The molecule has 0 aliphatic rings. The maximum absolute atomic E-state index is 9.25. The van der Waals surface area contributed by atoms with E-state index in [-0.39, 0.29) is 0 Å². The molecule has 1 heterocycles. The van der Waals surface area contributed by atoms with E-state index < -0.39 is 0 Å². The molecule has 0 atom stereocenters. The van der Waals surface area contributed by atoms with Crippen molar-refractivity contribution in [2.75, 3.05) is 0 Å². The Morgan fingerprint density at radius 1 is 1.04 bits per heavy atom. The molecule has 0 amide bonds. The first-order valence-corrected chi connectivity index (χ1v) is 7.71. The predicted molar refractivity (Wildman–Crippen MR) is 92.9 cm³/mol. The molecule has 0 unspecified atom stereocenters. The number of nitriles is 1. The van der Waals surface area contributed by atoms with E-state index in [1.54, 1.807) is 4.68 Å². The maximum atomic E-state index is 9.25. The van der Waals surface area contributed by atoms with Crippen LogP contribution in [0.2, 0.25) is 5.02 Å². The lowest BCUT2D eigenvalue weighted by Crippen LogP contribution is -2.01. The quantitative estimate of drug-likeness (QED) is 0.667. The summed E-state index contributed by atoms with van der Waals surface area (Å²) in [5.74, 6) is 0. The first kappa shape index (κ1) is 15.3. The van der Waals surface area contributed by atoms with E-state index in [0.29, 0.717) is 10.7 Å². The molecule has 0 bridgehead atoms. The summed E-state index contributed by atoms with van der Waals surface area (Å²) in [5.41, 5.74) is 6.78. The van der Waals surface area contributed by atoms with Gasteiger partial charge in [-0.3, -0.25) is 0 Å². The van der Waals surface area contributed by atoms with Gasteiger partial charge in [-0.15, -0.1) is 0 Å². The molecule has 2 aromatic carbocycles. The fourth-order valence-corrected chi connectivity index (χ4v) is 3.19. The van der Waals surface area contributed by atoms with E-state index in [0.717, 1.165) is 28.1 Å². The van der Waals surface area contributed by atoms with Crippen molar-refractivity contribution in [1.82, 2.24) is 9.78 Å². The molecule has 4 heteroatoms. The molecule has 3 nitrogen and oxygen atoms in total. The third-order valence-corrected chi connectivity index (χ3v) is 4.04. The summed E-state index contributed by atoms with van der Waals surface area (Å²) in [4.78, 5) is 0. The van der Waals surface area contributed by atoms with Crippen LogP contribution in [0.15, 0.2) is 42.5 Å². The SMILES string of the molecule is Cc1cc(C)c(-c2cc(C#N)nn2-c2cccc(Cl)c2)c(C)c1. The number of nitrogens with zero attached hydrogens (tertiary/aromatic N) is 3. The summed E-state index contributed by atoms with van der Waals surface area (Å²) in [6, 6.07) is 15.7. The predicted octanol–water partition coefficient (Wildman–Crippen LogP) is 4.99. The highest BCUT2D eigenvalue weighted by atomic mass is 35.5. The molecule has 3 aromatic rings. The van der Waals surface area contributed by atoms with Crippen molar-refractivity contribution in [2.45, 2.75) is 20.8 Å². The van der Waals surface area contributed by atoms with Crippen LogP contribution in [0.4, 0.5) is 0 Å². The number of benzene rings is 2. The topological polar surface area (TPSA) is 41.6 Å². The lowest BCUT2D eigenvalue weighted by atomic mass is 9.97. The van der Waals surface area contributed by atoms with Gasteiger partial charge in [0.15, 0.2) is 5.69 Å². The van der Waals surface area contributed by atoms with Gasteiger partial charge in [-0.25, -0.2) is 4.68 Å². The van der Waals surface area contributed by atoms with Crippen LogP contribution in [0.3, 0.4) is 0 Å². The van der Waals surface area contributed by atoms with E-state index >= 15 is 0 Å². The Labute approximate surface area is 140 Å². The van der Waals surface area contributed by atoms with Crippen molar-refractivity contribution >= 4 is 11.6 Å². The second-order valence-corrected chi connectivity index (χ2v) is 6.13. The Kier molecular flexibility index (Phi) is 3.94. The van der Waals surface area contributed by atoms with Gasteiger partial charge in [0.05, 0.1) is 11.4 Å². The summed E-state index contributed by atoms with van der Waals surface area (Å²) in [6.07, 6.45) is 0. The van der Waals surface area contributed by atoms with E-state index in [9.17, 15) is 5.26 Å². The fourth-order valence-electron chi connectivity index (χ4n) is 3.00. The lowest BCUT2D eigenvalue weighted by Gasteiger charge is -2.13. The first-order chi connectivity index (χ1) is 11.0. The van der Waals surface area contributed by atoms with Crippen LogP contribution in [-0.2, 0) is 0 Å². The minimum Gasteiger partial charge on any atom is -0.232 e. The average Bonchev–Trinajstić information content (AvgIpc) is 2.90. The summed E-state index contributed by atoms with van der Waals surface area (Å²) in [7, 11) is 0. The van der Waals surface area contributed by atoms with Gasteiger partial charge in [0.1, 0.15) is 6.07 Å². The number of hydrogen-bond donors (Lipinski definition) is 0. The van der Waals surface area contributed by atoms with Gasteiger partial charge >= 0.3 is 0 Å². The molecule has 23 heavy (non-hydrogen) atoms. The van der Waals surface area contributed by atoms with Crippen LogP contribution in [-0.4, -0.2) is 9.78 Å². The molecule has 0 aliphatic heterocycles. The Balaban J connectivity index is 2.29. The van der Waals surface area contributed by atoms with E-state index in [1.807, 2.05) is 30.3 Å². The average molecular weight is 322 g/mol. The summed E-state index contributed by atoms with van der Waals surface area (Å²) >= 11 is 6.11. The lowest BCUT2D eigenvalue weighted by molar-refractivity contribution is 0.879. The molecule has 0 radical (unpaired) electrons. The van der Waals surface area contributed by atoms with Crippen molar-refractivity contribution in [3.63, 3.8) is 0 Å². The van der Waals surface area contributed by atoms with Gasteiger partial charge in [0.25, 0.3) is 0 Å². The van der Waals surface area contributed by atoms with E-state index in [1.165, 1.54) is 5.56 Å². The highest BCUT2D eigenvalue weighted by molar-refractivity contribution is 6.30. The molecule has 114 valence electrons. The molecular formula is C19H16ClN3. The zero-order valence-electron chi connectivity index (χ0n) is 13.3.